The van der Waals surface area contributed by atoms with Crippen LogP contribution in [0.1, 0.15) is 19.4 Å². The number of aryl methyl sites for hydroxylation is 1. The molecule has 2 heterocycles. The quantitative estimate of drug-likeness (QED) is 0.900. The van der Waals surface area contributed by atoms with E-state index in [9.17, 15) is 0 Å². The molecule has 0 radical (unpaired) electrons. The van der Waals surface area contributed by atoms with Gasteiger partial charge in [-0.25, -0.2) is 0 Å². The molecule has 0 bridgehead atoms. The van der Waals surface area contributed by atoms with Gasteiger partial charge in [-0.2, -0.15) is 0 Å². The summed E-state index contributed by atoms with van der Waals surface area (Å²) in [5.41, 5.74) is 7.30. The van der Waals surface area contributed by atoms with E-state index in [2.05, 4.69) is 25.0 Å². The molecule has 1 aliphatic heterocycles. The van der Waals surface area contributed by atoms with E-state index < -0.39 is 0 Å². The van der Waals surface area contributed by atoms with Gasteiger partial charge in [-0.3, -0.25) is 4.68 Å². The van der Waals surface area contributed by atoms with Crippen LogP contribution in [0.5, 0.6) is 17.4 Å². The predicted octanol–water partition coefficient (Wildman–Crippen LogP) is 2.51. The summed E-state index contributed by atoms with van der Waals surface area (Å²) in [6.07, 6.45) is 2.58. The Morgan fingerprint density at radius 2 is 2.21 bits per heavy atom. The van der Waals surface area contributed by atoms with E-state index in [1.807, 2.05) is 12.1 Å². The number of fused-ring (bicyclic) bond motifs is 1. The van der Waals surface area contributed by atoms with Gasteiger partial charge in [0, 0.05) is 19.0 Å². The summed E-state index contributed by atoms with van der Waals surface area (Å²) >= 11 is 0. The van der Waals surface area contributed by atoms with E-state index in [-0.39, 0.29) is 5.60 Å². The number of ether oxygens (including phenoxy) is 2. The van der Waals surface area contributed by atoms with Gasteiger partial charge in [0.15, 0.2) is 11.5 Å². The van der Waals surface area contributed by atoms with E-state index in [1.54, 1.807) is 17.9 Å². The van der Waals surface area contributed by atoms with Crippen LogP contribution < -0.4 is 15.2 Å². The van der Waals surface area contributed by atoms with Crippen molar-refractivity contribution in [1.29, 1.82) is 0 Å². The number of benzene rings is 1. The van der Waals surface area contributed by atoms with Crippen LogP contribution in [0.25, 0.3) is 0 Å². The molecule has 0 saturated heterocycles. The van der Waals surface area contributed by atoms with Crippen molar-refractivity contribution in [3.63, 3.8) is 0 Å². The minimum absolute atomic E-state index is 0.197. The van der Waals surface area contributed by atoms with Gasteiger partial charge in [-0.1, -0.05) is 12.1 Å². The number of nitrogen functional groups attached to an aromatic ring is 1. The van der Waals surface area contributed by atoms with Gasteiger partial charge in [0.1, 0.15) is 11.3 Å². The molecular formula is C14H17N3O2. The number of rotatable bonds is 2. The smallest absolute Gasteiger partial charge is 0.261 e. The monoisotopic (exact) mass is 259 g/mol. The maximum absolute atomic E-state index is 5.94. The fraction of sp³-hybridized carbons (Fsp3) is 0.357. The topological polar surface area (TPSA) is 62.3 Å². The van der Waals surface area contributed by atoms with Crippen molar-refractivity contribution >= 4 is 5.69 Å². The normalized spacial score (nSPS) is 15.9. The Morgan fingerprint density at radius 1 is 1.42 bits per heavy atom. The van der Waals surface area contributed by atoms with Gasteiger partial charge in [0.25, 0.3) is 5.88 Å². The number of hydrogen-bond acceptors (Lipinski definition) is 4. The van der Waals surface area contributed by atoms with Crippen molar-refractivity contribution in [2.45, 2.75) is 25.9 Å². The molecule has 2 N–H and O–H groups in total. The summed E-state index contributed by atoms with van der Waals surface area (Å²) in [7, 11) is 1.80. The number of anilines is 1. The van der Waals surface area contributed by atoms with Crippen molar-refractivity contribution in [1.82, 2.24) is 9.78 Å². The van der Waals surface area contributed by atoms with Crippen LogP contribution in [0.15, 0.2) is 24.4 Å². The Kier molecular flexibility index (Phi) is 2.45. The second-order valence-electron chi connectivity index (χ2n) is 5.45. The fourth-order valence-corrected chi connectivity index (χ4v) is 2.34. The Hall–Kier alpha value is -2.17. The van der Waals surface area contributed by atoms with Crippen LogP contribution in [0.4, 0.5) is 5.69 Å². The molecule has 0 spiro atoms. The largest absolute Gasteiger partial charge is 0.483 e. The molecule has 1 aromatic carbocycles. The fourth-order valence-electron chi connectivity index (χ4n) is 2.34. The average Bonchev–Trinajstić information content (AvgIpc) is 2.78. The van der Waals surface area contributed by atoms with E-state index >= 15 is 0 Å². The van der Waals surface area contributed by atoms with Gasteiger partial charge in [0.2, 0.25) is 0 Å². The maximum atomic E-state index is 5.94. The molecule has 0 aliphatic carbocycles. The van der Waals surface area contributed by atoms with Crippen molar-refractivity contribution in [2.75, 3.05) is 5.73 Å². The molecule has 0 unspecified atom stereocenters. The summed E-state index contributed by atoms with van der Waals surface area (Å²) in [6, 6.07) is 5.88. The number of hydrogen-bond donors (Lipinski definition) is 1. The van der Waals surface area contributed by atoms with Gasteiger partial charge >= 0.3 is 0 Å². The summed E-state index contributed by atoms with van der Waals surface area (Å²) in [5.74, 6) is 1.86. The highest BCUT2D eigenvalue weighted by molar-refractivity contribution is 5.54. The van der Waals surface area contributed by atoms with E-state index in [4.69, 9.17) is 15.2 Å². The molecule has 100 valence electrons. The lowest BCUT2D eigenvalue weighted by atomic mass is 10.0. The lowest BCUT2D eigenvalue weighted by Crippen LogP contribution is -2.24. The molecule has 0 atom stereocenters. The van der Waals surface area contributed by atoms with Crippen LogP contribution in [-0.2, 0) is 13.5 Å². The van der Waals surface area contributed by atoms with Gasteiger partial charge < -0.3 is 15.2 Å². The minimum atomic E-state index is -0.197. The van der Waals surface area contributed by atoms with E-state index in [0.717, 1.165) is 17.7 Å². The van der Waals surface area contributed by atoms with E-state index in [0.29, 0.717) is 17.3 Å². The van der Waals surface area contributed by atoms with Gasteiger partial charge in [-0.15, -0.1) is 5.10 Å². The van der Waals surface area contributed by atoms with Gasteiger partial charge in [-0.05, 0) is 19.9 Å². The molecule has 5 nitrogen and oxygen atoms in total. The summed E-state index contributed by atoms with van der Waals surface area (Å²) in [6.45, 7) is 4.12. The van der Waals surface area contributed by atoms with Crippen molar-refractivity contribution in [3.05, 3.63) is 30.0 Å². The van der Waals surface area contributed by atoms with E-state index in [1.165, 1.54) is 0 Å². The highest BCUT2D eigenvalue weighted by Gasteiger charge is 2.32. The van der Waals surface area contributed by atoms with Crippen molar-refractivity contribution in [3.8, 4) is 17.4 Å². The molecule has 2 aromatic rings. The zero-order valence-corrected chi connectivity index (χ0v) is 11.3. The van der Waals surface area contributed by atoms with Crippen molar-refractivity contribution in [2.24, 2.45) is 7.05 Å². The summed E-state index contributed by atoms with van der Waals surface area (Å²) in [5, 5.41) is 4.18. The minimum Gasteiger partial charge on any atom is -0.483 e. The maximum Gasteiger partial charge on any atom is 0.261 e. The van der Waals surface area contributed by atoms with Crippen LogP contribution in [0, 0.1) is 0 Å². The zero-order chi connectivity index (χ0) is 13.6. The number of nitrogens with two attached hydrogens (primary N) is 1. The standard InChI is InChI=1S/C14H17N3O2/c1-14(2)7-9-5-4-6-11(12(9)19-14)18-13-10(15)8-17(3)16-13/h4-6,8H,7,15H2,1-3H3. The Morgan fingerprint density at radius 3 is 2.89 bits per heavy atom. The third kappa shape index (κ3) is 2.12. The third-order valence-corrected chi connectivity index (χ3v) is 3.08. The molecular weight excluding hydrogens is 242 g/mol. The first-order valence-electron chi connectivity index (χ1n) is 6.22. The van der Waals surface area contributed by atoms with Crippen LogP contribution >= 0.6 is 0 Å². The van der Waals surface area contributed by atoms with Crippen LogP contribution in [-0.4, -0.2) is 15.4 Å². The van der Waals surface area contributed by atoms with Crippen LogP contribution in [0.3, 0.4) is 0 Å². The Balaban J connectivity index is 1.96. The second-order valence-corrected chi connectivity index (χ2v) is 5.45. The molecule has 19 heavy (non-hydrogen) atoms. The number of aromatic nitrogens is 2. The highest BCUT2D eigenvalue weighted by Crippen LogP contribution is 2.43. The predicted molar refractivity (Wildman–Crippen MR) is 72.5 cm³/mol. The summed E-state index contributed by atoms with van der Waals surface area (Å²) in [4.78, 5) is 0. The highest BCUT2D eigenvalue weighted by atomic mass is 16.5. The van der Waals surface area contributed by atoms with Gasteiger partial charge in [0.05, 0.1) is 6.20 Å². The first-order chi connectivity index (χ1) is 8.94. The second kappa shape index (κ2) is 3.91. The molecule has 0 amide bonds. The number of para-hydroxylation sites is 1. The lowest BCUT2D eigenvalue weighted by Gasteiger charge is -2.17. The average molecular weight is 259 g/mol. The Labute approximate surface area is 111 Å². The third-order valence-electron chi connectivity index (χ3n) is 3.08. The lowest BCUT2D eigenvalue weighted by molar-refractivity contribution is 0.135. The molecule has 1 aromatic heterocycles. The number of nitrogens with zero attached hydrogens (tertiary/aromatic N) is 2. The SMILES string of the molecule is Cn1cc(N)c(Oc2cccc3c2OC(C)(C)C3)n1. The zero-order valence-electron chi connectivity index (χ0n) is 11.3. The Bertz CT molecular complexity index is 632. The molecule has 1 aliphatic rings. The van der Waals surface area contributed by atoms with Crippen LogP contribution in [0.2, 0.25) is 0 Å². The first kappa shape index (κ1) is 11.9. The molecule has 3 rings (SSSR count). The molecule has 0 saturated carbocycles. The molecule has 5 heteroatoms. The summed E-state index contributed by atoms with van der Waals surface area (Å²) < 4.78 is 13.4. The van der Waals surface area contributed by atoms with Crippen molar-refractivity contribution < 1.29 is 9.47 Å². The molecule has 0 fully saturated rings. The first-order valence-corrected chi connectivity index (χ1v) is 6.22.